The first-order valence-corrected chi connectivity index (χ1v) is 7.04. The fourth-order valence-corrected chi connectivity index (χ4v) is 2.42. The molecule has 0 unspecified atom stereocenters. The van der Waals surface area contributed by atoms with Gasteiger partial charge in [-0.05, 0) is 6.07 Å². The van der Waals surface area contributed by atoms with E-state index in [2.05, 4.69) is 9.99 Å². The number of non-ortho nitro benzene ring substituents is 1. The summed E-state index contributed by atoms with van der Waals surface area (Å²) in [5.74, 6) is -0.797. The van der Waals surface area contributed by atoms with Gasteiger partial charge < -0.3 is 4.84 Å². The third-order valence-electron chi connectivity index (χ3n) is 3.52. The number of hydrogen-bond donors (Lipinski definition) is 0. The lowest BCUT2D eigenvalue weighted by molar-refractivity contribution is -0.685. The summed E-state index contributed by atoms with van der Waals surface area (Å²) >= 11 is 0. The molecular weight excluding hydrogens is 332 g/mol. The van der Waals surface area contributed by atoms with Crippen LogP contribution in [0.3, 0.4) is 0 Å². The van der Waals surface area contributed by atoms with E-state index in [1.807, 2.05) is 0 Å². The minimum atomic E-state index is -0.938. The summed E-state index contributed by atoms with van der Waals surface area (Å²) in [4.78, 5) is 51.0. The van der Waals surface area contributed by atoms with Gasteiger partial charge in [-0.25, -0.2) is 13.9 Å². The molecule has 10 nitrogen and oxygen atoms in total. The molecule has 0 aliphatic rings. The van der Waals surface area contributed by atoms with Gasteiger partial charge in [-0.15, -0.1) is 0 Å². The molecule has 0 radical (unpaired) electrons. The number of aryl methyl sites for hydroxylation is 1. The predicted molar refractivity (Wildman–Crippen MR) is 82.8 cm³/mol. The lowest BCUT2D eigenvalue weighted by Gasteiger charge is -1.93. The van der Waals surface area contributed by atoms with Crippen molar-refractivity contribution in [3.05, 3.63) is 72.8 Å². The fraction of sp³-hybridized carbons (Fsp3) is 0.133. The number of benzene rings is 1. The van der Waals surface area contributed by atoms with Crippen LogP contribution in [0.15, 0.2) is 51.7 Å². The normalized spacial score (nSPS) is 11.8. The van der Waals surface area contributed by atoms with Crippen molar-refractivity contribution in [2.75, 3.05) is 0 Å². The van der Waals surface area contributed by atoms with Crippen LogP contribution in [-0.2, 0) is 23.2 Å². The molecule has 0 spiro atoms. The van der Waals surface area contributed by atoms with Crippen LogP contribution in [0.5, 0.6) is 0 Å². The SMILES string of the molecule is Cn1cc[n+](CC(=O)O/N=c2\c(=O)c3cccc([N+](=O)[O-])c3c2=O)c1. The Hall–Kier alpha value is -3.69. The predicted octanol–water partition coefficient (Wildman–Crippen LogP) is -0.971. The van der Waals surface area contributed by atoms with Crippen molar-refractivity contribution in [2.24, 2.45) is 12.2 Å². The Labute approximate surface area is 138 Å². The number of imidazole rings is 1. The molecule has 10 heteroatoms. The van der Waals surface area contributed by atoms with Crippen LogP contribution in [0.1, 0.15) is 0 Å². The average Bonchev–Trinajstić information content (AvgIpc) is 3.08. The molecule has 0 aliphatic heterocycles. The molecule has 0 amide bonds. The van der Waals surface area contributed by atoms with Crippen LogP contribution in [0.4, 0.5) is 5.69 Å². The number of nitro benzene ring substituents is 1. The van der Waals surface area contributed by atoms with Crippen LogP contribution >= 0.6 is 0 Å². The Morgan fingerprint density at radius 2 is 2.12 bits per heavy atom. The van der Waals surface area contributed by atoms with Gasteiger partial charge in [0.25, 0.3) is 5.69 Å². The standard InChI is InChI=1S/C15H11N4O6/c1-17-5-6-18(8-17)7-11(20)25-16-13-14(21)9-3-2-4-10(19(23)24)12(9)15(13)22/h2-6,8H,7H2,1H3/q+1/b16-13+. The minimum Gasteiger partial charge on any atom is -0.313 e. The number of rotatable bonds is 4. The summed E-state index contributed by atoms with van der Waals surface area (Å²) in [5, 5.41) is 13.2. The Bertz CT molecular complexity index is 1150. The molecule has 3 aromatic rings. The zero-order chi connectivity index (χ0) is 18.1. The summed E-state index contributed by atoms with van der Waals surface area (Å²) in [6.45, 7) is -0.174. The van der Waals surface area contributed by atoms with E-state index in [0.29, 0.717) is 0 Å². The highest BCUT2D eigenvalue weighted by atomic mass is 16.7. The van der Waals surface area contributed by atoms with Gasteiger partial charge in [0.05, 0.1) is 12.0 Å². The van der Waals surface area contributed by atoms with Crippen molar-refractivity contribution < 1.29 is 19.1 Å². The Balaban J connectivity index is 1.98. The zero-order valence-corrected chi connectivity index (χ0v) is 12.9. The molecule has 0 saturated heterocycles. The van der Waals surface area contributed by atoms with E-state index in [4.69, 9.17) is 0 Å². The Morgan fingerprint density at radius 1 is 1.36 bits per heavy atom. The molecule has 0 aliphatic carbocycles. The number of hydrogen-bond acceptors (Lipinski definition) is 7. The number of carbonyl (C=O) groups excluding carboxylic acids is 1. The first kappa shape index (κ1) is 16.2. The number of nitrogens with zero attached hydrogens (tertiary/aromatic N) is 4. The molecule has 0 fully saturated rings. The van der Waals surface area contributed by atoms with Gasteiger partial charge in [-0.1, -0.05) is 11.2 Å². The second kappa shape index (κ2) is 6.07. The first-order chi connectivity index (χ1) is 11.9. The lowest BCUT2D eigenvalue weighted by atomic mass is 10.2. The quantitative estimate of drug-likeness (QED) is 0.260. The molecule has 25 heavy (non-hydrogen) atoms. The van der Waals surface area contributed by atoms with Crippen molar-refractivity contribution in [3.63, 3.8) is 0 Å². The summed E-state index contributed by atoms with van der Waals surface area (Å²) in [7, 11) is 1.77. The van der Waals surface area contributed by atoms with Gasteiger partial charge in [0, 0.05) is 11.5 Å². The fourth-order valence-electron chi connectivity index (χ4n) is 2.42. The van der Waals surface area contributed by atoms with Gasteiger partial charge in [0.15, 0.2) is 11.9 Å². The minimum absolute atomic E-state index is 0.133. The Morgan fingerprint density at radius 3 is 2.76 bits per heavy atom. The molecule has 0 N–H and O–H groups in total. The molecule has 0 atom stereocenters. The Kier molecular flexibility index (Phi) is 3.93. The van der Waals surface area contributed by atoms with Crippen LogP contribution in [0.25, 0.3) is 10.8 Å². The molecule has 0 saturated carbocycles. The maximum absolute atomic E-state index is 12.3. The second-order valence-corrected chi connectivity index (χ2v) is 5.27. The maximum Gasteiger partial charge on any atom is 0.376 e. The van der Waals surface area contributed by atoms with E-state index in [1.54, 1.807) is 30.3 Å². The summed E-state index contributed by atoms with van der Waals surface area (Å²) in [6, 6.07) is 3.70. The van der Waals surface area contributed by atoms with E-state index < -0.39 is 32.8 Å². The topological polar surface area (TPSA) is 125 Å². The van der Waals surface area contributed by atoms with Gasteiger partial charge in [-0.3, -0.25) is 19.7 Å². The van der Waals surface area contributed by atoms with Crippen LogP contribution < -0.4 is 20.8 Å². The molecule has 1 heterocycles. The van der Waals surface area contributed by atoms with Crippen LogP contribution in [0.2, 0.25) is 0 Å². The zero-order valence-electron chi connectivity index (χ0n) is 12.9. The van der Waals surface area contributed by atoms with Crippen LogP contribution in [-0.4, -0.2) is 15.5 Å². The van der Waals surface area contributed by atoms with Gasteiger partial charge >= 0.3 is 5.97 Å². The largest absolute Gasteiger partial charge is 0.376 e. The number of carbonyl (C=O) groups is 1. The number of fused-ring (bicyclic) bond motifs is 1. The van der Waals surface area contributed by atoms with E-state index in [1.165, 1.54) is 16.7 Å². The van der Waals surface area contributed by atoms with Crippen molar-refractivity contribution >= 4 is 22.4 Å². The van der Waals surface area contributed by atoms with E-state index in [9.17, 15) is 24.5 Å². The molecular formula is C15H11N4O6+. The van der Waals surface area contributed by atoms with Gasteiger partial charge in [0.2, 0.25) is 17.2 Å². The lowest BCUT2D eigenvalue weighted by Crippen LogP contribution is -2.37. The average molecular weight is 343 g/mol. The van der Waals surface area contributed by atoms with Crippen LogP contribution in [0, 0.1) is 10.1 Å². The highest BCUT2D eigenvalue weighted by Gasteiger charge is 2.21. The third kappa shape index (κ3) is 2.92. The van der Waals surface area contributed by atoms with E-state index in [-0.39, 0.29) is 17.3 Å². The summed E-state index contributed by atoms with van der Waals surface area (Å²) in [6.07, 6.45) is 4.96. The van der Waals surface area contributed by atoms with Crippen molar-refractivity contribution in [3.8, 4) is 0 Å². The van der Waals surface area contributed by atoms with Gasteiger partial charge in [0.1, 0.15) is 17.8 Å². The second-order valence-electron chi connectivity index (χ2n) is 5.27. The summed E-state index contributed by atoms with van der Waals surface area (Å²) in [5.41, 5.74) is -2.25. The number of aromatic nitrogens is 2. The smallest absolute Gasteiger partial charge is 0.313 e. The third-order valence-corrected chi connectivity index (χ3v) is 3.52. The molecule has 126 valence electrons. The van der Waals surface area contributed by atoms with Crippen molar-refractivity contribution in [2.45, 2.75) is 6.54 Å². The summed E-state index contributed by atoms with van der Waals surface area (Å²) < 4.78 is 3.22. The molecule has 3 rings (SSSR count). The van der Waals surface area contributed by atoms with E-state index in [0.717, 1.165) is 6.07 Å². The maximum atomic E-state index is 12.3. The van der Waals surface area contributed by atoms with Gasteiger partial charge in [-0.2, -0.15) is 0 Å². The monoisotopic (exact) mass is 343 g/mol. The first-order valence-electron chi connectivity index (χ1n) is 7.04. The molecule has 2 aromatic carbocycles. The molecule has 1 aromatic heterocycles. The highest BCUT2D eigenvalue weighted by Crippen LogP contribution is 2.18. The molecule has 0 bridgehead atoms. The number of nitro groups is 1. The van der Waals surface area contributed by atoms with Crippen molar-refractivity contribution in [1.82, 2.24) is 4.57 Å². The van der Waals surface area contributed by atoms with E-state index >= 15 is 0 Å². The highest BCUT2D eigenvalue weighted by molar-refractivity contribution is 5.91. The van der Waals surface area contributed by atoms with Crippen molar-refractivity contribution in [1.29, 1.82) is 0 Å².